The lowest BCUT2D eigenvalue weighted by Gasteiger charge is -2.23. The molecule has 27 heavy (non-hydrogen) atoms. The van der Waals surface area contributed by atoms with Crippen LogP contribution >= 0.6 is 0 Å². The van der Waals surface area contributed by atoms with Gasteiger partial charge in [-0.1, -0.05) is 0 Å². The van der Waals surface area contributed by atoms with Crippen LogP contribution in [0.1, 0.15) is 27.1 Å². The van der Waals surface area contributed by atoms with Crippen LogP contribution in [0.4, 0.5) is 0 Å². The Morgan fingerprint density at radius 1 is 0.926 bits per heavy atom. The lowest BCUT2D eigenvalue weighted by atomic mass is 10.1. The summed E-state index contributed by atoms with van der Waals surface area (Å²) in [7, 11) is 5.00. The first-order valence-corrected chi connectivity index (χ1v) is 8.96. The normalized spacial score (nSPS) is 14.6. The van der Waals surface area contributed by atoms with Gasteiger partial charge >= 0.3 is 0 Å². The largest absolute Gasteiger partial charge is 0.497 e. The Balaban J connectivity index is 1.70. The van der Waals surface area contributed by atoms with Crippen molar-refractivity contribution in [1.82, 2.24) is 14.4 Å². The maximum absolute atomic E-state index is 13.0. The van der Waals surface area contributed by atoms with E-state index >= 15 is 0 Å². The fourth-order valence-corrected chi connectivity index (χ4v) is 3.28. The van der Waals surface area contributed by atoms with Crippen LogP contribution < -0.4 is 9.47 Å². The van der Waals surface area contributed by atoms with Crippen LogP contribution in [0.15, 0.2) is 36.7 Å². The summed E-state index contributed by atoms with van der Waals surface area (Å²) in [5.74, 6) is 1.04. The van der Waals surface area contributed by atoms with Crippen molar-refractivity contribution >= 4 is 11.8 Å². The van der Waals surface area contributed by atoms with Gasteiger partial charge in [-0.25, -0.2) is 0 Å². The van der Waals surface area contributed by atoms with Crippen molar-refractivity contribution in [2.75, 3.05) is 40.4 Å². The Bertz CT molecular complexity index is 830. The quantitative estimate of drug-likeness (QED) is 0.825. The van der Waals surface area contributed by atoms with Crippen LogP contribution in [0.25, 0.3) is 0 Å². The van der Waals surface area contributed by atoms with E-state index in [1.165, 1.54) is 7.11 Å². The summed E-state index contributed by atoms with van der Waals surface area (Å²) in [6.45, 7) is 2.24. The Kier molecular flexibility index (Phi) is 5.69. The van der Waals surface area contributed by atoms with Crippen molar-refractivity contribution in [2.45, 2.75) is 6.42 Å². The number of aromatic nitrogens is 1. The fourth-order valence-electron chi connectivity index (χ4n) is 3.28. The number of carbonyl (C=O) groups is 2. The number of methoxy groups -OCH3 is 2. The van der Waals surface area contributed by atoms with Gasteiger partial charge in [0.05, 0.1) is 25.3 Å². The topological polar surface area (TPSA) is 64.0 Å². The molecule has 2 aromatic rings. The molecule has 1 aromatic carbocycles. The SMILES string of the molecule is COc1ccc(C(=O)N2CCCN(C(=O)c3ccn(C)c3)CC2)c(OC)c1. The number of amides is 2. The summed E-state index contributed by atoms with van der Waals surface area (Å²) in [5, 5.41) is 0. The van der Waals surface area contributed by atoms with Crippen LogP contribution in [0.3, 0.4) is 0 Å². The Morgan fingerprint density at radius 3 is 2.22 bits per heavy atom. The van der Waals surface area contributed by atoms with Crippen LogP contribution in [-0.2, 0) is 7.05 Å². The maximum atomic E-state index is 13.0. The third-order valence-corrected chi connectivity index (χ3v) is 4.79. The lowest BCUT2D eigenvalue weighted by Crippen LogP contribution is -2.37. The molecule has 0 spiro atoms. The maximum Gasteiger partial charge on any atom is 0.257 e. The molecule has 0 aliphatic carbocycles. The number of hydrogen-bond acceptors (Lipinski definition) is 4. The zero-order chi connectivity index (χ0) is 19.4. The van der Waals surface area contributed by atoms with E-state index in [4.69, 9.17) is 9.47 Å². The number of rotatable bonds is 4. The second-order valence-corrected chi connectivity index (χ2v) is 6.57. The number of benzene rings is 1. The molecular weight excluding hydrogens is 346 g/mol. The minimum atomic E-state index is -0.0940. The van der Waals surface area contributed by atoms with E-state index in [1.807, 2.05) is 35.0 Å². The molecule has 1 fully saturated rings. The third-order valence-electron chi connectivity index (χ3n) is 4.79. The summed E-state index contributed by atoms with van der Waals surface area (Å²) in [4.78, 5) is 29.2. The monoisotopic (exact) mass is 371 g/mol. The average molecular weight is 371 g/mol. The Labute approximate surface area is 159 Å². The van der Waals surface area contributed by atoms with E-state index in [1.54, 1.807) is 30.2 Å². The molecule has 0 radical (unpaired) electrons. The van der Waals surface area contributed by atoms with Crippen molar-refractivity contribution in [3.63, 3.8) is 0 Å². The zero-order valence-electron chi connectivity index (χ0n) is 16.0. The highest BCUT2D eigenvalue weighted by Gasteiger charge is 2.25. The first kappa shape index (κ1) is 18.8. The number of carbonyl (C=O) groups excluding carboxylic acids is 2. The average Bonchev–Trinajstić information content (AvgIpc) is 2.98. The van der Waals surface area contributed by atoms with Gasteiger partial charge in [-0.2, -0.15) is 0 Å². The fraction of sp³-hybridized carbons (Fsp3) is 0.400. The lowest BCUT2D eigenvalue weighted by molar-refractivity contribution is 0.0717. The van der Waals surface area contributed by atoms with E-state index in [2.05, 4.69) is 0 Å². The van der Waals surface area contributed by atoms with Gasteiger partial charge in [0.25, 0.3) is 11.8 Å². The second-order valence-electron chi connectivity index (χ2n) is 6.57. The van der Waals surface area contributed by atoms with Crippen molar-refractivity contribution in [3.05, 3.63) is 47.8 Å². The Morgan fingerprint density at radius 2 is 1.63 bits per heavy atom. The van der Waals surface area contributed by atoms with Crippen molar-refractivity contribution in [2.24, 2.45) is 7.05 Å². The molecule has 0 atom stereocenters. The molecule has 7 nitrogen and oxygen atoms in total. The predicted molar refractivity (Wildman–Crippen MR) is 101 cm³/mol. The van der Waals surface area contributed by atoms with Gasteiger partial charge in [0.2, 0.25) is 0 Å². The molecule has 144 valence electrons. The number of nitrogens with zero attached hydrogens (tertiary/aromatic N) is 3. The van der Waals surface area contributed by atoms with Gasteiger partial charge in [-0.3, -0.25) is 9.59 Å². The molecule has 1 aliphatic heterocycles. The molecule has 0 saturated carbocycles. The van der Waals surface area contributed by atoms with Crippen LogP contribution in [0.5, 0.6) is 11.5 Å². The molecule has 0 bridgehead atoms. The van der Waals surface area contributed by atoms with Crippen molar-refractivity contribution in [3.8, 4) is 11.5 Å². The van der Waals surface area contributed by atoms with E-state index in [-0.39, 0.29) is 11.8 Å². The molecule has 1 saturated heterocycles. The first-order valence-electron chi connectivity index (χ1n) is 8.96. The molecule has 0 unspecified atom stereocenters. The predicted octanol–water partition coefficient (Wildman–Crippen LogP) is 2.03. The van der Waals surface area contributed by atoms with Gasteiger partial charge in [-0.05, 0) is 24.6 Å². The smallest absolute Gasteiger partial charge is 0.257 e. The van der Waals surface area contributed by atoms with Gasteiger partial charge in [0, 0.05) is 51.7 Å². The number of hydrogen-bond donors (Lipinski definition) is 0. The highest BCUT2D eigenvalue weighted by atomic mass is 16.5. The van der Waals surface area contributed by atoms with Crippen LogP contribution in [0, 0.1) is 0 Å². The van der Waals surface area contributed by atoms with E-state index in [0.717, 1.165) is 6.42 Å². The number of ether oxygens (including phenoxy) is 2. The standard InChI is InChI=1S/C20H25N3O4/c1-21-10-7-15(14-21)19(24)22-8-4-9-23(12-11-22)20(25)17-6-5-16(26-2)13-18(17)27-3/h5-7,10,13-14H,4,8-9,11-12H2,1-3H3. The molecule has 2 amide bonds. The molecule has 1 aliphatic rings. The Hall–Kier alpha value is -2.96. The third kappa shape index (κ3) is 4.07. The summed E-state index contributed by atoms with van der Waals surface area (Å²) in [6.07, 6.45) is 4.41. The van der Waals surface area contributed by atoms with Crippen molar-refractivity contribution < 1.29 is 19.1 Å². The highest BCUT2D eigenvalue weighted by Crippen LogP contribution is 2.26. The van der Waals surface area contributed by atoms with Crippen molar-refractivity contribution in [1.29, 1.82) is 0 Å². The summed E-state index contributed by atoms with van der Waals surface area (Å²) in [5.41, 5.74) is 1.18. The van der Waals surface area contributed by atoms with Gasteiger partial charge in [0.15, 0.2) is 0 Å². The summed E-state index contributed by atoms with van der Waals surface area (Å²) in [6, 6.07) is 6.99. The zero-order valence-corrected chi connectivity index (χ0v) is 16.0. The molecule has 3 rings (SSSR count). The molecule has 2 heterocycles. The van der Waals surface area contributed by atoms with Crippen LogP contribution in [-0.4, -0.2) is 66.6 Å². The summed E-state index contributed by atoms with van der Waals surface area (Å²) >= 11 is 0. The molecule has 1 aromatic heterocycles. The summed E-state index contributed by atoms with van der Waals surface area (Å²) < 4.78 is 12.4. The van der Waals surface area contributed by atoms with Crippen LogP contribution in [0.2, 0.25) is 0 Å². The minimum Gasteiger partial charge on any atom is -0.497 e. The van der Waals surface area contributed by atoms with Gasteiger partial charge in [0.1, 0.15) is 11.5 Å². The van der Waals surface area contributed by atoms with E-state index < -0.39 is 0 Å². The molecule has 7 heteroatoms. The van der Waals surface area contributed by atoms with Gasteiger partial charge < -0.3 is 23.8 Å². The highest BCUT2D eigenvalue weighted by molar-refractivity contribution is 5.97. The number of aryl methyl sites for hydroxylation is 1. The molecular formula is C20H25N3O4. The second kappa shape index (κ2) is 8.16. The van der Waals surface area contributed by atoms with E-state index in [0.29, 0.717) is 48.8 Å². The van der Waals surface area contributed by atoms with Gasteiger partial charge in [-0.15, -0.1) is 0 Å². The molecule has 0 N–H and O–H groups in total. The van der Waals surface area contributed by atoms with E-state index in [9.17, 15) is 9.59 Å². The first-order chi connectivity index (χ1) is 13.0. The minimum absolute atomic E-state index is 0.00641.